The molecule has 0 spiro atoms. The predicted octanol–water partition coefficient (Wildman–Crippen LogP) is 3.03. The van der Waals surface area contributed by atoms with Gasteiger partial charge in [0.15, 0.2) is 0 Å². The summed E-state index contributed by atoms with van der Waals surface area (Å²) in [5.74, 6) is -4.57. The molecule has 0 saturated carbocycles. The number of aromatic nitrogens is 1. The quantitative estimate of drug-likeness (QED) is 0.0386. The van der Waals surface area contributed by atoms with Crippen molar-refractivity contribution in [3.63, 3.8) is 0 Å². The zero-order chi connectivity index (χ0) is 58.9. The van der Waals surface area contributed by atoms with Crippen molar-refractivity contribution >= 4 is 41.4 Å². The van der Waals surface area contributed by atoms with Gasteiger partial charge < -0.3 is 72.6 Å². The number of carbonyl (C=O) groups excluding carboxylic acids is 7. The summed E-state index contributed by atoms with van der Waals surface area (Å²) in [6, 6.07) is 12.5. The summed E-state index contributed by atoms with van der Waals surface area (Å²) in [4.78, 5) is 88.6. The number of benzene rings is 2. The first-order valence-corrected chi connectivity index (χ1v) is 27.0. The zero-order valence-electron chi connectivity index (χ0n) is 47.1. The second-order valence-corrected chi connectivity index (χ2v) is 20.4. The van der Waals surface area contributed by atoms with Crippen molar-refractivity contribution in [3.8, 4) is 11.1 Å². The van der Waals surface area contributed by atoms with E-state index in [4.69, 9.17) is 37.1 Å². The van der Waals surface area contributed by atoms with Crippen LogP contribution in [-0.4, -0.2) is 158 Å². The number of aliphatic hydroxyl groups is 1. The van der Waals surface area contributed by atoms with E-state index in [1.54, 1.807) is 31.0 Å². The molecule has 3 aromatic rings. The van der Waals surface area contributed by atoms with Gasteiger partial charge in [0.2, 0.25) is 41.4 Å². The molecule has 21 nitrogen and oxygen atoms in total. The second kappa shape index (κ2) is 37.5. The van der Waals surface area contributed by atoms with Gasteiger partial charge >= 0.3 is 0 Å². The number of nitrogens with two attached hydrogens (primary N) is 4. The van der Waals surface area contributed by atoms with Crippen LogP contribution >= 0.6 is 0 Å². The molecule has 0 fully saturated rings. The van der Waals surface area contributed by atoms with Crippen LogP contribution in [-0.2, 0) is 54.3 Å². The van der Waals surface area contributed by atoms with Crippen LogP contribution in [0.4, 0.5) is 8.78 Å². The van der Waals surface area contributed by atoms with Crippen molar-refractivity contribution in [1.29, 1.82) is 0 Å². The number of halogens is 2. The molecule has 23 heteroatoms. The Balaban J connectivity index is 0.000000745. The summed E-state index contributed by atoms with van der Waals surface area (Å²) in [5.41, 5.74) is 22.8. The highest BCUT2D eigenvalue weighted by Gasteiger charge is 2.37. The van der Waals surface area contributed by atoms with Gasteiger partial charge in [0, 0.05) is 75.0 Å². The van der Waals surface area contributed by atoms with Crippen molar-refractivity contribution in [3.05, 3.63) is 83.7 Å². The first-order chi connectivity index (χ1) is 37.5. The summed E-state index contributed by atoms with van der Waals surface area (Å²) in [6.07, 6.45) is 4.93. The first kappa shape index (κ1) is 68.7. The summed E-state index contributed by atoms with van der Waals surface area (Å²) >= 11 is 0. The number of nitrogens with zero attached hydrogens (tertiary/aromatic N) is 3. The third-order valence-electron chi connectivity index (χ3n) is 12.2. The Morgan fingerprint density at radius 2 is 1.39 bits per heavy atom. The Hall–Kier alpha value is -6.37. The van der Waals surface area contributed by atoms with Gasteiger partial charge in [-0.2, -0.15) is 0 Å². The Bertz CT molecular complexity index is 2330. The Morgan fingerprint density at radius 3 is 1.99 bits per heavy atom. The highest BCUT2D eigenvalue weighted by atomic mass is 19.1. The van der Waals surface area contributed by atoms with Crippen molar-refractivity contribution in [2.45, 2.75) is 118 Å². The second-order valence-electron chi connectivity index (χ2n) is 20.4. The molecule has 0 aliphatic carbocycles. The van der Waals surface area contributed by atoms with E-state index in [-0.39, 0.29) is 74.5 Å². The largest absolute Gasteiger partial charge is 0.387 e. The minimum Gasteiger partial charge on any atom is -0.387 e. The van der Waals surface area contributed by atoms with Gasteiger partial charge in [0.25, 0.3) is 0 Å². The van der Waals surface area contributed by atoms with Crippen LogP contribution in [0.5, 0.6) is 0 Å². The van der Waals surface area contributed by atoms with E-state index in [1.165, 1.54) is 4.90 Å². The third kappa shape index (κ3) is 26.9. The lowest BCUT2D eigenvalue weighted by Crippen LogP contribution is -2.53. The Kier molecular flexibility index (Phi) is 32.6. The van der Waals surface area contributed by atoms with Gasteiger partial charge in [-0.1, -0.05) is 78.3 Å². The van der Waals surface area contributed by atoms with Crippen LogP contribution in [0, 0.1) is 23.0 Å². The fraction of sp³-hybridized carbons (Fsp3) is 0.589. The van der Waals surface area contributed by atoms with Crippen LogP contribution in [0.15, 0.2) is 60.8 Å². The molecule has 0 aliphatic heterocycles. The smallest absolute Gasteiger partial charge is 0.248 e. The first-order valence-electron chi connectivity index (χ1n) is 27.0. The number of aliphatic hydroxyl groups excluding tert-OH is 1. The topological polar surface area (TPSA) is 319 Å². The molecule has 1 aromatic heterocycles. The van der Waals surface area contributed by atoms with Crippen molar-refractivity contribution < 1.29 is 61.7 Å². The monoisotopic (exact) mass is 1110 g/mol. The molecule has 0 saturated heterocycles. The molecule has 3 rings (SSSR count). The summed E-state index contributed by atoms with van der Waals surface area (Å²) in [5, 5.41) is 18.4. The maximum atomic E-state index is 15.1. The fourth-order valence-corrected chi connectivity index (χ4v) is 8.28. The van der Waals surface area contributed by atoms with Crippen molar-refractivity contribution in [2.75, 3.05) is 85.5 Å². The number of amides is 7. The normalized spacial score (nSPS) is 12.4. The van der Waals surface area contributed by atoms with Gasteiger partial charge in [-0.3, -0.25) is 33.6 Å². The van der Waals surface area contributed by atoms with E-state index in [0.29, 0.717) is 89.9 Å². The molecule has 442 valence electrons. The number of ether oxygens (including phenoxy) is 3. The maximum absolute atomic E-state index is 15.1. The average molecular weight is 1120 g/mol. The highest BCUT2D eigenvalue weighted by Crippen LogP contribution is 2.41. The van der Waals surface area contributed by atoms with E-state index in [2.05, 4.69) is 16.0 Å². The van der Waals surface area contributed by atoms with E-state index in [1.807, 2.05) is 62.6 Å². The van der Waals surface area contributed by atoms with Gasteiger partial charge in [-0.15, -0.1) is 0 Å². The Morgan fingerprint density at radius 1 is 0.759 bits per heavy atom. The molecule has 7 amide bonds. The lowest BCUT2D eigenvalue weighted by Gasteiger charge is -2.41. The number of carbonyl (C=O) groups is 7. The van der Waals surface area contributed by atoms with Crippen LogP contribution in [0.3, 0.4) is 0 Å². The third-order valence-corrected chi connectivity index (χ3v) is 12.2. The molecule has 1 heterocycles. The number of primary amides is 2. The summed E-state index contributed by atoms with van der Waals surface area (Å²) in [7, 11) is 0. The predicted molar refractivity (Wildman–Crippen MR) is 296 cm³/mol. The van der Waals surface area contributed by atoms with E-state index in [0.717, 1.165) is 36.6 Å². The molecule has 79 heavy (non-hydrogen) atoms. The molecular weight excluding hydrogens is 1030 g/mol. The number of hydrogen-bond donors (Lipinski definition) is 8. The Labute approximate surface area is 464 Å². The highest BCUT2D eigenvalue weighted by molar-refractivity contribution is 5.91. The van der Waals surface area contributed by atoms with Gasteiger partial charge in [-0.05, 0) is 73.4 Å². The number of hydrogen-bond acceptors (Lipinski definition) is 13. The SMILES string of the molecule is CCCN(CC(=O)NC(C(=O)NCCCN(C(=O)CO)C(c1cc(-c2cc(F)ccc2F)cn1Cc1ccccc1)C(C)(C)C)C(C)C)C(=O)CCC(N)=O.NCCCCC(N)C(=O)NCCOCCOCCOCCC(N)=O. The van der Waals surface area contributed by atoms with Gasteiger partial charge in [0.1, 0.15) is 24.3 Å². The fourth-order valence-electron chi connectivity index (χ4n) is 8.28. The number of unbranched alkanes of at least 4 members (excludes halogenated alkanes) is 1. The maximum Gasteiger partial charge on any atom is 0.248 e. The van der Waals surface area contributed by atoms with Crippen LogP contribution in [0.1, 0.15) is 110 Å². The molecule has 12 N–H and O–H groups in total. The van der Waals surface area contributed by atoms with Gasteiger partial charge in [-0.25, -0.2) is 8.78 Å². The average Bonchev–Trinajstić information content (AvgIpc) is 3.90. The van der Waals surface area contributed by atoms with Gasteiger partial charge in [0.05, 0.1) is 58.3 Å². The standard InChI is InChI=1S/C41H56F2N6O6.C15H32N4O5/c1-7-19-47(36(53)17-16-34(44)51)25-35(52)46-38(27(2)3)40(55)45-18-11-20-49(37(54)26-50)39(41(4,5)6)33-21-29(31-22-30(42)14-15-32(31)43)24-48(33)23-28-12-9-8-10-13-28;16-5-2-1-3-13(17)15(21)19-6-8-23-10-12-24-11-9-22-7-4-14(18)20/h8-10,12-15,21-22,24,27,38-39,50H,7,11,16-20,23,25-26H2,1-6H3,(H2,44,51)(H,45,55)(H,46,52);13H,1-12,16-17H2,(H2,18,20)(H,19,21). The minimum absolute atomic E-state index is 0.0722. The molecule has 2 aromatic carbocycles. The summed E-state index contributed by atoms with van der Waals surface area (Å²) < 4.78 is 47.0. The molecular formula is C56H88F2N10O11. The number of rotatable bonds is 37. The van der Waals surface area contributed by atoms with Crippen LogP contribution in [0.25, 0.3) is 11.1 Å². The lowest BCUT2D eigenvalue weighted by atomic mass is 9.83. The lowest BCUT2D eigenvalue weighted by molar-refractivity contribution is -0.139. The van der Waals surface area contributed by atoms with Crippen molar-refractivity contribution in [1.82, 2.24) is 30.3 Å². The van der Waals surface area contributed by atoms with Crippen LogP contribution in [0.2, 0.25) is 0 Å². The van der Waals surface area contributed by atoms with E-state index >= 15 is 4.39 Å². The van der Waals surface area contributed by atoms with E-state index in [9.17, 15) is 43.1 Å². The molecule has 3 unspecified atom stereocenters. The molecule has 0 bridgehead atoms. The number of nitrogens with one attached hydrogen (secondary N) is 3. The minimum atomic E-state index is -0.919. The van der Waals surface area contributed by atoms with E-state index < -0.39 is 65.4 Å². The molecule has 0 aliphatic rings. The summed E-state index contributed by atoms with van der Waals surface area (Å²) in [6.45, 7) is 14.5. The zero-order valence-corrected chi connectivity index (χ0v) is 47.1. The van der Waals surface area contributed by atoms with Crippen molar-refractivity contribution in [2.24, 2.45) is 34.3 Å². The van der Waals surface area contributed by atoms with Crippen LogP contribution < -0.4 is 38.9 Å². The molecule has 3 atom stereocenters. The molecule has 0 radical (unpaired) electrons.